The summed E-state index contributed by atoms with van der Waals surface area (Å²) in [6.45, 7) is 1.80. The lowest BCUT2D eigenvalue weighted by atomic mass is 10.3. The number of hydrogen-bond donors (Lipinski definition) is 0. The van der Waals surface area contributed by atoms with Crippen LogP contribution in [0.15, 0.2) is 23.0 Å². The molecule has 0 aliphatic heterocycles. The van der Waals surface area contributed by atoms with E-state index in [1.165, 1.54) is 33.6 Å². The molecule has 0 atom stereocenters. The molecule has 18 heavy (non-hydrogen) atoms. The van der Waals surface area contributed by atoms with Gasteiger partial charge in [-0.1, -0.05) is 17.4 Å². The third-order valence-electron chi connectivity index (χ3n) is 2.73. The van der Waals surface area contributed by atoms with Gasteiger partial charge in [0.15, 0.2) is 0 Å². The largest absolute Gasteiger partial charge is 0.335 e. The van der Waals surface area contributed by atoms with E-state index in [-0.39, 0.29) is 11.2 Å². The Balaban J connectivity index is 2.47. The average Bonchev–Trinajstić information content (AvgIpc) is 2.84. The Morgan fingerprint density at radius 2 is 2.11 bits per heavy atom. The Bertz CT molecular complexity index is 801. The second kappa shape index (κ2) is 3.74. The van der Waals surface area contributed by atoms with Crippen LogP contribution in [0.1, 0.15) is 5.01 Å². The number of benzene rings is 1. The molecular formula is C11H9FN4OS. The molecule has 2 heterocycles. The van der Waals surface area contributed by atoms with E-state index < -0.39 is 5.82 Å². The molecule has 2 aromatic heterocycles. The summed E-state index contributed by atoms with van der Waals surface area (Å²) in [7, 11) is 1.54. The van der Waals surface area contributed by atoms with Gasteiger partial charge in [0.1, 0.15) is 16.3 Å². The summed E-state index contributed by atoms with van der Waals surface area (Å²) < 4.78 is 16.4. The van der Waals surface area contributed by atoms with Crippen LogP contribution in [0.4, 0.5) is 4.39 Å². The van der Waals surface area contributed by atoms with Gasteiger partial charge in [0.05, 0.1) is 5.52 Å². The minimum Gasteiger partial charge on any atom is -0.292 e. The van der Waals surface area contributed by atoms with E-state index in [9.17, 15) is 9.18 Å². The molecule has 0 radical (unpaired) electrons. The first kappa shape index (κ1) is 11.1. The van der Waals surface area contributed by atoms with Crippen LogP contribution in [-0.4, -0.2) is 19.3 Å². The lowest BCUT2D eigenvalue weighted by Crippen LogP contribution is -2.20. The molecule has 0 unspecified atom stereocenters. The van der Waals surface area contributed by atoms with Crippen molar-refractivity contribution in [2.24, 2.45) is 7.05 Å². The van der Waals surface area contributed by atoms with Crippen molar-refractivity contribution in [3.8, 4) is 5.13 Å². The van der Waals surface area contributed by atoms with E-state index in [0.717, 1.165) is 5.01 Å². The molecule has 0 saturated carbocycles. The molecule has 0 aliphatic rings. The van der Waals surface area contributed by atoms with E-state index in [1.807, 2.05) is 0 Å². The van der Waals surface area contributed by atoms with Gasteiger partial charge in [-0.2, -0.15) is 0 Å². The highest BCUT2D eigenvalue weighted by Gasteiger charge is 2.17. The molecule has 5 nitrogen and oxygen atoms in total. The van der Waals surface area contributed by atoms with Crippen LogP contribution >= 0.6 is 11.3 Å². The zero-order chi connectivity index (χ0) is 12.9. The summed E-state index contributed by atoms with van der Waals surface area (Å²) in [5.41, 5.74) is 0.445. The van der Waals surface area contributed by atoms with Gasteiger partial charge < -0.3 is 0 Å². The highest BCUT2D eigenvalue weighted by atomic mass is 32.1. The lowest BCUT2D eigenvalue weighted by Gasteiger charge is -1.96. The van der Waals surface area contributed by atoms with Crippen molar-refractivity contribution in [3.63, 3.8) is 0 Å². The van der Waals surface area contributed by atoms with Gasteiger partial charge in [-0.05, 0) is 19.1 Å². The van der Waals surface area contributed by atoms with Gasteiger partial charge in [-0.15, -0.1) is 10.2 Å². The van der Waals surface area contributed by atoms with E-state index in [0.29, 0.717) is 10.6 Å². The van der Waals surface area contributed by atoms with Crippen molar-refractivity contribution in [1.82, 2.24) is 19.3 Å². The quantitative estimate of drug-likeness (QED) is 0.671. The number of imidazole rings is 1. The fourth-order valence-corrected chi connectivity index (χ4v) is 2.62. The molecule has 0 N–H and O–H groups in total. The van der Waals surface area contributed by atoms with E-state index >= 15 is 0 Å². The first-order valence-corrected chi connectivity index (χ1v) is 6.07. The molecular weight excluding hydrogens is 255 g/mol. The molecule has 92 valence electrons. The van der Waals surface area contributed by atoms with Crippen LogP contribution < -0.4 is 5.69 Å². The molecule has 0 spiro atoms. The maximum Gasteiger partial charge on any atom is 0.335 e. The molecule has 3 aromatic rings. The Kier molecular flexibility index (Phi) is 2.30. The number of aromatic nitrogens is 4. The van der Waals surface area contributed by atoms with Gasteiger partial charge in [-0.3, -0.25) is 4.57 Å². The van der Waals surface area contributed by atoms with E-state index in [4.69, 9.17) is 0 Å². The fourth-order valence-electron chi connectivity index (χ4n) is 1.93. The highest BCUT2D eigenvalue weighted by molar-refractivity contribution is 7.13. The number of nitrogens with zero attached hydrogens (tertiary/aromatic N) is 4. The fraction of sp³-hybridized carbons (Fsp3) is 0.182. The Morgan fingerprint density at radius 3 is 2.78 bits per heavy atom. The molecule has 1 aromatic carbocycles. The normalized spacial score (nSPS) is 11.3. The first-order chi connectivity index (χ1) is 8.59. The average molecular weight is 264 g/mol. The summed E-state index contributed by atoms with van der Waals surface area (Å²) in [6.07, 6.45) is 0. The van der Waals surface area contributed by atoms with Crippen molar-refractivity contribution in [2.75, 3.05) is 0 Å². The predicted molar refractivity (Wildman–Crippen MR) is 66.7 cm³/mol. The second-order valence-corrected chi connectivity index (χ2v) is 5.05. The Hall–Kier alpha value is -2.02. The van der Waals surface area contributed by atoms with E-state index in [2.05, 4.69) is 10.2 Å². The summed E-state index contributed by atoms with van der Waals surface area (Å²) in [5.74, 6) is -0.424. The summed E-state index contributed by atoms with van der Waals surface area (Å²) in [4.78, 5) is 12.1. The number of hydrogen-bond acceptors (Lipinski definition) is 4. The van der Waals surface area contributed by atoms with Gasteiger partial charge in [0.25, 0.3) is 0 Å². The Labute approximate surface area is 105 Å². The molecule has 3 rings (SSSR count). The zero-order valence-electron chi connectivity index (χ0n) is 9.72. The third-order valence-corrected chi connectivity index (χ3v) is 3.55. The molecule has 0 saturated heterocycles. The number of para-hydroxylation sites is 1. The van der Waals surface area contributed by atoms with Crippen molar-refractivity contribution >= 4 is 22.4 Å². The van der Waals surface area contributed by atoms with Crippen molar-refractivity contribution < 1.29 is 4.39 Å². The smallest absolute Gasteiger partial charge is 0.292 e. The highest BCUT2D eigenvalue weighted by Crippen LogP contribution is 2.21. The maximum atomic E-state index is 13.8. The SMILES string of the molecule is Cc1nnc(-n2c(=O)n(C)c3c(F)cccc32)s1. The van der Waals surface area contributed by atoms with Crippen LogP contribution in [0.3, 0.4) is 0 Å². The van der Waals surface area contributed by atoms with Crippen LogP contribution in [0.25, 0.3) is 16.2 Å². The van der Waals surface area contributed by atoms with Gasteiger partial charge >= 0.3 is 5.69 Å². The number of aryl methyl sites for hydroxylation is 2. The minimum absolute atomic E-state index is 0.273. The summed E-state index contributed by atoms with van der Waals surface area (Å²) >= 11 is 1.29. The number of fused-ring (bicyclic) bond motifs is 1. The standard InChI is InChI=1S/C11H9FN4OS/c1-6-13-14-10(18-6)16-8-5-3-4-7(12)9(8)15(2)11(16)17/h3-5H,1-2H3. The first-order valence-electron chi connectivity index (χ1n) is 5.26. The zero-order valence-corrected chi connectivity index (χ0v) is 10.5. The molecule has 7 heteroatoms. The van der Waals surface area contributed by atoms with Crippen molar-refractivity contribution in [2.45, 2.75) is 6.92 Å². The van der Waals surface area contributed by atoms with Crippen LogP contribution in [0, 0.1) is 12.7 Å². The second-order valence-electron chi connectivity index (χ2n) is 3.89. The van der Waals surface area contributed by atoms with Gasteiger partial charge in [0, 0.05) is 7.05 Å². The van der Waals surface area contributed by atoms with Crippen molar-refractivity contribution in [3.05, 3.63) is 39.5 Å². The number of halogens is 1. The lowest BCUT2D eigenvalue weighted by molar-refractivity contribution is 0.630. The molecule has 0 aliphatic carbocycles. The maximum absolute atomic E-state index is 13.8. The third kappa shape index (κ3) is 1.40. The van der Waals surface area contributed by atoms with Gasteiger partial charge in [-0.25, -0.2) is 13.8 Å². The van der Waals surface area contributed by atoms with E-state index in [1.54, 1.807) is 19.1 Å². The minimum atomic E-state index is -0.424. The van der Waals surface area contributed by atoms with Crippen molar-refractivity contribution in [1.29, 1.82) is 0 Å². The van der Waals surface area contributed by atoms with Crippen LogP contribution in [0.5, 0.6) is 0 Å². The summed E-state index contributed by atoms with van der Waals surface area (Å²) in [6, 6.07) is 4.59. The topological polar surface area (TPSA) is 52.7 Å². The van der Waals surface area contributed by atoms with Crippen LogP contribution in [-0.2, 0) is 7.05 Å². The van der Waals surface area contributed by atoms with Crippen LogP contribution in [0.2, 0.25) is 0 Å². The predicted octanol–water partition coefficient (Wildman–Crippen LogP) is 1.63. The molecule has 0 fully saturated rings. The molecule has 0 bridgehead atoms. The van der Waals surface area contributed by atoms with Gasteiger partial charge in [0.2, 0.25) is 5.13 Å². The Morgan fingerprint density at radius 1 is 1.33 bits per heavy atom. The monoisotopic (exact) mass is 264 g/mol. The molecule has 0 amide bonds. The number of rotatable bonds is 1. The summed E-state index contributed by atoms with van der Waals surface area (Å²) in [5, 5.41) is 9.02.